The third-order valence-corrected chi connectivity index (χ3v) is 4.61. The van der Waals surface area contributed by atoms with E-state index in [-0.39, 0.29) is 0 Å². The lowest BCUT2D eigenvalue weighted by atomic mass is 10.2. The molecule has 2 aromatic carbocycles. The number of methoxy groups -OCH3 is 1. The number of hydrogen-bond acceptors (Lipinski definition) is 5. The molecule has 6 heteroatoms. The second-order valence-electron chi connectivity index (χ2n) is 5.52. The SMILES string of the molecule is COc1ccccc1CNc1nccc(Nc2ccc(Br)c(C)c2)n1. The first-order chi connectivity index (χ1) is 12.2. The van der Waals surface area contributed by atoms with Gasteiger partial charge in [-0.2, -0.15) is 4.98 Å². The Labute approximate surface area is 155 Å². The van der Waals surface area contributed by atoms with Crippen molar-refractivity contribution < 1.29 is 4.74 Å². The molecule has 0 amide bonds. The Morgan fingerprint density at radius 2 is 1.96 bits per heavy atom. The monoisotopic (exact) mass is 398 g/mol. The summed E-state index contributed by atoms with van der Waals surface area (Å²) in [5.74, 6) is 2.14. The number of nitrogens with zero attached hydrogens (tertiary/aromatic N) is 2. The van der Waals surface area contributed by atoms with Crippen molar-refractivity contribution in [1.29, 1.82) is 0 Å². The highest BCUT2D eigenvalue weighted by Crippen LogP contribution is 2.23. The third-order valence-electron chi connectivity index (χ3n) is 3.72. The lowest BCUT2D eigenvalue weighted by Gasteiger charge is -2.11. The van der Waals surface area contributed by atoms with E-state index in [0.29, 0.717) is 12.5 Å². The molecule has 0 unspecified atom stereocenters. The van der Waals surface area contributed by atoms with Crippen molar-refractivity contribution >= 4 is 33.4 Å². The molecule has 0 bridgehead atoms. The lowest BCUT2D eigenvalue weighted by molar-refractivity contribution is 0.410. The molecule has 2 N–H and O–H groups in total. The zero-order chi connectivity index (χ0) is 17.6. The molecule has 5 nitrogen and oxygen atoms in total. The van der Waals surface area contributed by atoms with Crippen LogP contribution in [0.3, 0.4) is 0 Å². The van der Waals surface area contributed by atoms with Crippen LogP contribution in [-0.2, 0) is 6.54 Å². The van der Waals surface area contributed by atoms with Crippen molar-refractivity contribution in [2.24, 2.45) is 0 Å². The number of rotatable bonds is 6. The largest absolute Gasteiger partial charge is 0.496 e. The molecular weight excluding hydrogens is 380 g/mol. The van der Waals surface area contributed by atoms with Gasteiger partial charge in [0.2, 0.25) is 5.95 Å². The van der Waals surface area contributed by atoms with E-state index in [1.54, 1.807) is 13.3 Å². The molecule has 0 saturated carbocycles. The topological polar surface area (TPSA) is 59.1 Å². The number of ether oxygens (including phenoxy) is 1. The van der Waals surface area contributed by atoms with Gasteiger partial charge in [-0.1, -0.05) is 34.1 Å². The molecular formula is C19H19BrN4O. The highest BCUT2D eigenvalue weighted by Gasteiger charge is 2.04. The van der Waals surface area contributed by atoms with Crippen LogP contribution < -0.4 is 15.4 Å². The van der Waals surface area contributed by atoms with E-state index in [1.807, 2.05) is 42.5 Å². The molecule has 0 atom stereocenters. The van der Waals surface area contributed by atoms with Gasteiger partial charge >= 0.3 is 0 Å². The molecule has 0 aliphatic rings. The minimum absolute atomic E-state index is 0.560. The van der Waals surface area contributed by atoms with Crippen LogP contribution >= 0.6 is 15.9 Å². The number of aryl methyl sites for hydroxylation is 1. The van der Waals surface area contributed by atoms with E-state index in [4.69, 9.17) is 4.74 Å². The third kappa shape index (κ3) is 4.48. The first kappa shape index (κ1) is 17.2. The van der Waals surface area contributed by atoms with Gasteiger partial charge < -0.3 is 15.4 Å². The summed E-state index contributed by atoms with van der Waals surface area (Å²) >= 11 is 3.51. The Morgan fingerprint density at radius 1 is 1.12 bits per heavy atom. The standard InChI is InChI=1S/C19H19BrN4O/c1-13-11-15(7-8-16(13)20)23-18-9-10-21-19(24-18)22-12-14-5-3-4-6-17(14)25-2/h3-11H,12H2,1-2H3,(H2,21,22,23,24). The molecule has 0 radical (unpaired) electrons. The fourth-order valence-electron chi connectivity index (χ4n) is 2.41. The van der Waals surface area contributed by atoms with Crippen LogP contribution in [0.15, 0.2) is 59.2 Å². The first-order valence-electron chi connectivity index (χ1n) is 7.87. The van der Waals surface area contributed by atoms with Gasteiger partial charge in [-0.05, 0) is 42.8 Å². The van der Waals surface area contributed by atoms with E-state index in [0.717, 1.165) is 32.9 Å². The number of anilines is 3. The van der Waals surface area contributed by atoms with Gasteiger partial charge in [-0.15, -0.1) is 0 Å². The van der Waals surface area contributed by atoms with Crippen molar-refractivity contribution in [3.8, 4) is 5.75 Å². The Balaban J connectivity index is 1.70. The fraction of sp³-hybridized carbons (Fsp3) is 0.158. The Bertz CT molecular complexity index is 870. The minimum atomic E-state index is 0.560. The van der Waals surface area contributed by atoms with Crippen molar-refractivity contribution in [1.82, 2.24) is 9.97 Å². The number of aromatic nitrogens is 2. The molecule has 0 spiro atoms. The molecule has 0 fully saturated rings. The second kappa shape index (κ2) is 7.98. The Morgan fingerprint density at radius 3 is 2.76 bits per heavy atom. The lowest BCUT2D eigenvalue weighted by Crippen LogP contribution is -2.06. The smallest absolute Gasteiger partial charge is 0.224 e. The molecule has 1 heterocycles. The summed E-state index contributed by atoms with van der Waals surface area (Å²) in [7, 11) is 1.67. The van der Waals surface area contributed by atoms with Crippen molar-refractivity contribution in [3.05, 3.63) is 70.3 Å². The summed E-state index contributed by atoms with van der Waals surface area (Å²) in [6, 6.07) is 15.8. The van der Waals surface area contributed by atoms with Crippen molar-refractivity contribution in [2.45, 2.75) is 13.5 Å². The highest BCUT2D eigenvalue weighted by molar-refractivity contribution is 9.10. The van der Waals surface area contributed by atoms with Gasteiger partial charge in [-0.3, -0.25) is 0 Å². The minimum Gasteiger partial charge on any atom is -0.496 e. The first-order valence-corrected chi connectivity index (χ1v) is 8.67. The van der Waals surface area contributed by atoms with Gasteiger partial charge in [0.05, 0.1) is 7.11 Å². The number of hydrogen-bond donors (Lipinski definition) is 2. The number of nitrogens with one attached hydrogen (secondary N) is 2. The van der Waals surface area contributed by atoms with Gasteiger partial charge in [-0.25, -0.2) is 4.98 Å². The zero-order valence-electron chi connectivity index (χ0n) is 14.1. The highest BCUT2D eigenvalue weighted by atomic mass is 79.9. The summed E-state index contributed by atoms with van der Waals surface area (Å²) in [5.41, 5.74) is 3.19. The van der Waals surface area contributed by atoms with Gasteiger partial charge in [0, 0.05) is 28.5 Å². The molecule has 3 rings (SSSR count). The summed E-state index contributed by atoms with van der Waals surface area (Å²) in [6.07, 6.45) is 1.73. The quantitative estimate of drug-likeness (QED) is 0.617. The van der Waals surface area contributed by atoms with E-state index in [1.165, 1.54) is 0 Å². The predicted molar refractivity (Wildman–Crippen MR) is 105 cm³/mol. The molecule has 3 aromatic rings. The van der Waals surface area contributed by atoms with E-state index in [9.17, 15) is 0 Å². The maximum Gasteiger partial charge on any atom is 0.224 e. The van der Waals surface area contributed by atoms with E-state index in [2.05, 4.69) is 49.5 Å². The Kier molecular flexibility index (Phi) is 5.50. The fourth-order valence-corrected chi connectivity index (χ4v) is 2.65. The predicted octanol–water partition coefficient (Wildman–Crippen LogP) is 4.91. The van der Waals surface area contributed by atoms with Gasteiger partial charge in [0.25, 0.3) is 0 Å². The maximum atomic E-state index is 5.36. The van der Waals surface area contributed by atoms with Crippen LogP contribution in [0, 0.1) is 6.92 Å². The molecule has 128 valence electrons. The van der Waals surface area contributed by atoms with Crippen LogP contribution in [0.4, 0.5) is 17.5 Å². The maximum absolute atomic E-state index is 5.36. The summed E-state index contributed by atoms with van der Waals surface area (Å²) in [4.78, 5) is 8.78. The van der Waals surface area contributed by atoms with Crippen molar-refractivity contribution in [3.63, 3.8) is 0 Å². The Hall–Kier alpha value is -2.60. The van der Waals surface area contributed by atoms with Crippen LogP contribution in [0.25, 0.3) is 0 Å². The number of para-hydroxylation sites is 1. The molecule has 25 heavy (non-hydrogen) atoms. The molecule has 0 saturated heterocycles. The van der Waals surface area contributed by atoms with E-state index < -0.39 is 0 Å². The van der Waals surface area contributed by atoms with Crippen LogP contribution in [0.1, 0.15) is 11.1 Å². The summed E-state index contributed by atoms with van der Waals surface area (Å²) in [6.45, 7) is 2.64. The van der Waals surface area contributed by atoms with Crippen molar-refractivity contribution in [2.75, 3.05) is 17.7 Å². The average Bonchev–Trinajstić information content (AvgIpc) is 2.63. The van der Waals surface area contributed by atoms with E-state index >= 15 is 0 Å². The molecule has 0 aliphatic carbocycles. The number of halogens is 1. The van der Waals surface area contributed by atoms with Gasteiger partial charge in [0.1, 0.15) is 11.6 Å². The molecule has 0 aliphatic heterocycles. The van der Waals surface area contributed by atoms with Crippen LogP contribution in [0.2, 0.25) is 0 Å². The summed E-state index contributed by atoms with van der Waals surface area (Å²) < 4.78 is 6.44. The van der Waals surface area contributed by atoms with Gasteiger partial charge in [0.15, 0.2) is 0 Å². The van der Waals surface area contributed by atoms with Crippen LogP contribution in [0.5, 0.6) is 5.75 Å². The summed E-state index contributed by atoms with van der Waals surface area (Å²) in [5, 5.41) is 6.53. The van der Waals surface area contributed by atoms with Crippen LogP contribution in [-0.4, -0.2) is 17.1 Å². The normalized spacial score (nSPS) is 10.4. The second-order valence-corrected chi connectivity index (χ2v) is 6.37. The molecule has 1 aromatic heterocycles. The number of benzene rings is 2. The average molecular weight is 399 g/mol. The zero-order valence-corrected chi connectivity index (χ0v) is 15.7.